The zero-order chi connectivity index (χ0) is 23.0. The third-order valence-electron chi connectivity index (χ3n) is 4.08. The molecule has 0 fully saturated rings. The van der Waals surface area contributed by atoms with E-state index in [4.69, 9.17) is 23.2 Å². The highest BCUT2D eigenvalue weighted by Crippen LogP contribution is 2.23. The molecule has 0 saturated carbocycles. The average Bonchev–Trinajstić information content (AvgIpc) is 3.11. The Labute approximate surface area is 196 Å². The second-order valence-corrected chi connectivity index (χ2v) is 9.12. The minimum Gasteiger partial charge on any atom is -0.356 e. The van der Waals surface area contributed by atoms with Gasteiger partial charge in [0.1, 0.15) is 6.54 Å². The minimum absolute atomic E-state index is 0.112. The summed E-state index contributed by atoms with van der Waals surface area (Å²) in [5, 5.41) is 8.26. The molecule has 0 aliphatic heterocycles. The van der Waals surface area contributed by atoms with Gasteiger partial charge < -0.3 is 15.5 Å². The molecular formula is C21H26Cl2N4O3S. The van der Waals surface area contributed by atoms with Crippen molar-refractivity contribution >= 4 is 57.4 Å². The summed E-state index contributed by atoms with van der Waals surface area (Å²) in [6, 6.07) is 4.63. The number of anilines is 1. The maximum atomic E-state index is 13.0. The first-order valence-corrected chi connectivity index (χ1v) is 11.6. The van der Waals surface area contributed by atoms with Crippen molar-refractivity contribution < 1.29 is 14.4 Å². The summed E-state index contributed by atoms with van der Waals surface area (Å²) in [7, 11) is 0. The van der Waals surface area contributed by atoms with E-state index in [0.717, 1.165) is 6.42 Å². The van der Waals surface area contributed by atoms with Crippen molar-refractivity contribution in [3.8, 4) is 0 Å². The van der Waals surface area contributed by atoms with Crippen LogP contribution in [0.3, 0.4) is 0 Å². The van der Waals surface area contributed by atoms with Gasteiger partial charge in [0, 0.05) is 23.5 Å². The van der Waals surface area contributed by atoms with E-state index in [2.05, 4.69) is 15.6 Å². The molecule has 168 valence electrons. The molecule has 2 aromatic rings. The van der Waals surface area contributed by atoms with E-state index >= 15 is 0 Å². The molecule has 0 aliphatic carbocycles. The molecule has 10 heteroatoms. The van der Waals surface area contributed by atoms with Gasteiger partial charge >= 0.3 is 0 Å². The van der Waals surface area contributed by atoms with Gasteiger partial charge in [-0.05, 0) is 30.5 Å². The summed E-state index contributed by atoms with van der Waals surface area (Å²) < 4.78 is 0. The van der Waals surface area contributed by atoms with Crippen molar-refractivity contribution in [1.29, 1.82) is 0 Å². The van der Waals surface area contributed by atoms with E-state index in [-0.39, 0.29) is 47.2 Å². The van der Waals surface area contributed by atoms with Crippen LogP contribution in [-0.2, 0) is 16.0 Å². The highest BCUT2D eigenvalue weighted by molar-refractivity contribution is 7.13. The van der Waals surface area contributed by atoms with Crippen LogP contribution in [-0.4, -0.2) is 47.2 Å². The molecule has 1 aromatic heterocycles. The fourth-order valence-electron chi connectivity index (χ4n) is 2.76. The van der Waals surface area contributed by atoms with Gasteiger partial charge in [-0.15, -0.1) is 11.3 Å². The number of nitrogens with zero attached hydrogens (tertiary/aromatic N) is 2. The largest absolute Gasteiger partial charge is 0.356 e. The van der Waals surface area contributed by atoms with Crippen LogP contribution in [0.2, 0.25) is 10.0 Å². The fourth-order valence-corrected chi connectivity index (χ4v) is 3.98. The van der Waals surface area contributed by atoms with Gasteiger partial charge in [0.2, 0.25) is 11.8 Å². The average molecular weight is 485 g/mol. The highest BCUT2D eigenvalue weighted by atomic mass is 35.5. The van der Waals surface area contributed by atoms with E-state index < -0.39 is 0 Å². The number of hydrogen-bond acceptors (Lipinski definition) is 5. The zero-order valence-corrected chi connectivity index (χ0v) is 20.0. The van der Waals surface area contributed by atoms with Crippen LogP contribution in [0.25, 0.3) is 0 Å². The van der Waals surface area contributed by atoms with Crippen LogP contribution in [0.4, 0.5) is 5.13 Å². The van der Waals surface area contributed by atoms with Gasteiger partial charge in [0.15, 0.2) is 5.13 Å². The molecule has 7 nitrogen and oxygen atoms in total. The third-order valence-corrected chi connectivity index (χ3v) is 5.44. The molecule has 0 unspecified atom stereocenters. The summed E-state index contributed by atoms with van der Waals surface area (Å²) in [5.74, 6) is -0.692. The predicted molar refractivity (Wildman–Crippen MR) is 125 cm³/mol. The van der Waals surface area contributed by atoms with Crippen LogP contribution < -0.4 is 10.6 Å². The van der Waals surface area contributed by atoms with Gasteiger partial charge in [-0.25, -0.2) is 4.98 Å². The Kier molecular flexibility index (Phi) is 9.74. The Hall–Kier alpha value is -2.16. The van der Waals surface area contributed by atoms with Gasteiger partial charge in [-0.1, -0.05) is 44.0 Å². The monoisotopic (exact) mass is 484 g/mol. The Morgan fingerprint density at radius 1 is 1.19 bits per heavy atom. The molecule has 0 aliphatic rings. The Morgan fingerprint density at radius 3 is 2.58 bits per heavy atom. The van der Waals surface area contributed by atoms with Crippen LogP contribution >= 0.6 is 34.5 Å². The summed E-state index contributed by atoms with van der Waals surface area (Å²) in [6.07, 6.45) is 1.01. The quantitative estimate of drug-likeness (QED) is 0.526. The molecule has 0 bridgehead atoms. The van der Waals surface area contributed by atoms with Crippen molar-refractivity contribution in [3.05, 3.63) is 44.9 Å². The fraction of sp³-hybridized carbons (Fsp3) is 0.429. The molecule has 1 aromatic carbocycles. The summed E-state index contributed by atoms with van der Waals surface area (Å²) in [5.41, 5.74) is 0.867. The van der Waals surface area contributed by atoms with Crippen molar-refractivity contribution in [3.63, 3.8) is 0 Å². The Bertz CT molecular complexity index is 933. The molecule has 1 heterocycles. The number of benzene rings is 1. The summed E-state index contributed by atoms with van der Waals surface area (Å²) >= 11 is 13.3. The van der Waals surface area contributed by atoms with Gasteiger partial charge in [-0.2, -0.15) is 0 Å². The van der Waals surface area contributed by atoms with Crippen molar-refractivity contribution in [1.82, 2.24) is 15.2 Å². The maximum Gasteiger partial charge on any atom is 0.255 e. The topological polar surface area (TPSA) is 91.4 Å². The summed E-state index contributed by atoms with van der Waals surface area (Å²) in [6.45, 7) is 6.74. The van der Waals surface area contributed by atoms with E-state index in [0.29, 0.717) is 28.9 Å². The first-order valence-electron chi connectivity index (χ1n) is 9.94. The van der Waals surface area contributed by atoms with Crippen LogP contribution in [0.1, 0.15) is 43.2 Å². The number of hydrogen-bond donors (Lipinski definition) is 2. The lowest BCUT2D eigenvalue weighted by Crippen LogP contribution is -2.40. The number of carbonyl (C=O) groups is 3. The maximum absolute atomic E-state index is 13.0. The van der Waals surface area contributed by atoms with Gasteiger partial charge in [-0.3, -0.25) is 14.4 Å². The van der Waals surface area contributed by atoms with E-state index in [1.165, 1.54) is 22.3 Å². The lowest BCUT2D eigenvalue weighted by Gasteiger charge is -2.24. The summed E-state index contributed by atoms with van der Waals surface area (Å²) in [4.78, 5) is 43.1. The van der Waals surface area contributed by atoms with Gasteiger partial charge in [0.25, 0.3) is 5.91 Å². The molecule has 2 N–H and O–H groups in total. The van der Waals surface area contributed by atoms with Crippen molar-refractivity contribution in [2.45, 2.75) is 33.6 Å². The second-order valence-electron chi connectivity index (χ2n) is 7.42. The standard InChI is InChI=1S/C21H26Cl2N4O3S/c1-4-7-24-18(28)9-15-12-31-21(25-15)26-19(29)11-27(10-13(2)3)20(30)16-6-5-14(22)8-17(16)23/h5-6,8,12-13H,4,7,9-11H2,1-3H3,(H,24,28)(H,25,26,29). The molecule has 0 spiro atoms. The SMILES string of the molecule is CCCNC(=O)Cc1csc(NC(=O)CN(CC(C)C)C(=O)c2ccc(Cl)cc2Cl)n1. The lowest BCUT2D eigenvalue weighted by molar-refractivity contribution is -0.120. The van der Waals surface area contributed by atoms with E-state index in [9.17, 15) is 14.4 Å². The Balaban J connectivity index is 2.03. The molecule has 3 amide bonds. The minimum atomic E-state index is -0.379. The van der Waals surface area contributed by atoms with Gasteiger partial charge in [0.05, 0.1) is 22.7 Å². The normalized spacial score (nSPS) is 10.8. The molecule has 0 radical (unpaired) electrons. The van der Waals surface area contributed by atoms with E-state index in [1.54, 1.807) is 17.5 Å². The number of thiazole rings is 1. The number of amides is 3. The molecule has 0 atom stereocenters. The van der Waals surface area contributed by atoms with Crippen molar-refractivity contribution in [2.24, 2.45) is 5.92 Å². The number of nitrogens with one attached hydrogen (secondary N) is 2. The smallest absolute Gasteiger partial charge is 0.255 e. The first kappa shape index (κ1) is 25.1. The zero-order valence-electron chi connectivity index (χ0n) is 17.7. The molecule has 0 saturated heterocycles. The van der Waals surface area contributed by atoms with Crippen LogP contribution in [0, 0.1) is 5.92 Å². The second kappa shape index (κ2) is 12.0. The lowest BCUT2D eigenvalue weighted by atomic mass is 10.1. The predicted octanol–water partition coefficient (Wildman–Crippen LogP) is 4.26. The van der Waals surface area contributed by atoms with Crippen molar-refractivity contribution in [2.75, 3.05) is 25.0 Å². The highest BCUT2D eigenvalue weighted by Gasteiger charge is 2.22. The molecular weight excluding hydrogens is 459 g/mol. The number of halogens is 2. The van der Waals surface area contributed by atoms with E-state index in [1.807, 2.05) is 20.8 Å². The number of aromatic nitrogens is 1. The molecule has 2 rings (SSSR count). The number of rotatable bonds is 10. The molecule has 31 heavy (non-hydrogen) atoms. The Morgan fingerprint density at radius 2 is 1.94 bits per heavy atom. The first-order chi connectivity index (χ1) is 14.7. The number of carbonyl (C=O) groups excluding carboxylic acids is 3. The van der Waals surface area contributed by atoms with Crippen LogP contribution in [0.5, 0.6) is 0 Å². The van der Waals surface area contributed by atoms with Crippen LogP contribution in [0.15, 0.2) is 23.6 Å². The third kappa shape index (κ3) is 8.12.